The number of carbonyl (C=O) groups excluding carboxylic acids is 1. The van der Waals surface area contributed by atoms with E-state index in [1.54, 1.807) is 43.5 Å². The minimum Gasteiger partial charge on any atom is -0.462 e. The number of ether oxygens (including phenoxy) is 1. The Labute approximate surface area is 131 Å². The summed E-state index contributed by atoms with van der Waals surface area (Å²) >= 11 is 13.3. The van der Waals surface area contributed by atoms with E-state index in [0.717, 1.165) is 4.90 Å². The fourth-order valence-electron chi connectivity index (χ4n) is 1.50. The summed E-state index contributed by atoms with van der Waals surface area (Å²) in [6.07, 6.45) is 1.61. The third-order valence-corrected chi connectivity index (χ3v) is 4.12. The molecule has 6 heteroatoms. The van der Waals surface area contributed by atoms with Gasteiger partial charge in [-0.3, -0.25) is 0 Å². The van der Waals surface area contributed by atoms with Crippen molar-refractivity contribution in [2.24, 2.45) is 0 Å². The number of carbonyl (C=O) groups is 1. The van der Waals surface area contributed by atoms with Crippen molar-refractivity contribution in [2.75, 3.05) is 6.61 Å². The molecule has 0 aliphatic carbocycles. The lowest BCUT2D eigenvalue weighted by molar-refractivity contribution is 0.0521. The van der Waals surface area contributed by atoms with Crippen LogP contribution in [0, 0.1) is 0 Å². The third-order valence-electron chi connectivity index (χ3n) is 2.37. The van der Waals surface area contributed by atoms with E-state index >= 15 is 0 Å². The van der Waals surface area contributed by atoms with Crippen LogP contribution in [0.3, 0.4) is 0 Å². The summed E-state index contributed by atoms with van der Waals surface area (Å²) in [6.45, 7) is 2.07. The van der Waals surface area contributed by atoms with Crippen LogP contribution in [0.2, 0.25) is 10.0 Å². The highest BCUT2D eigenvalue weighted by Gasteiger charge is 2.15. The third kappa shape index (κ3) is 3.66. The van der Waals surface area contributed by atoms with E-state index in [0.29, 0.717) is 27.2 Å². The molecule has 0 atom stereocenters. The van der Waals surface area contributed by atoms with Gasteiger partial charge in [0.15, 0.2) is 0 Å². The number of rotatable bonds is 4. The lowest BCUT2D eigenvalue weighted by Crippen LogP contribution is -2.06. The first-order valence-electron chi connectivity index (χ1n) is 5.87. The lowest BCUT2D eigenvalue weighted by atomic mass is 10.3. The zero-order valence-electron chi connectivity index (χ0n) is 10.6. The molecule has 1 heterocycles. The van der Waals surface area contributed by atoms with Gasteiger partial charge < -0.3 is 4.74 Å². The average Bonchev–Trinajstić information content (AvgIpc) is 2.44. The van der Waals surface area contributed by atoms with Gasteiger partial charge in [0, 0.05) is 16.1 Å². The Kier molecular flexibility index (Phi) is 5.29. The average molecular weight is 328 g/mol. The van der Waals surface area contributed by atoms with Crippen LogP contribution in [0.15, 0.2) is 46.5 Å². The zero-order chi connectivity index (χ0) is 14.5. The topological polar surface area (TPSA) is 39.2 Å². The van der Waals surface area contributed by atoms with Crippen molar-refractivity contribution in [1.29, 1.82) is 0 Å². The Balaban J connectivity index is 2.34. The highest BCUT2D eigenvalue weighted by atomic mass is 35.5. The Hall–Kier alpha value is -1.23. The number of halogens is 2. The molecule has 0 saturated heterocycles. The first-order valence-corrected chi connectivity index (χ1v) is 7.44. The summed E-state index contributed by atoms with van der Waals surface area (Å²) in [6, 6.07) is 8.51. The monoisotopic (exact) mass is 327 g/mol. The molecule has 0 aliphatic rings. The summed E-state index contributed by atoms with van der Waals surface area (Å²) in [5, 5.41) is 1.67. The molecule has 0 bridgehead atoms. The number of esters is 1. The molecule has 0 radical (unpaired) electrons. The van der Waals surface area contributed by atoms with E-state index in [1.807, 2.05) is 0 Å². The maximum Gasteiger partial charge on any atom is 0.340 e. The van der Waals surface area contributed by atoms with E-state index in [4.69, 9.17) is 27.9 Å². The molecule has 0 aliphatic heterocycles. The Morgan fingerprint density at radius 1 is 1.35 bits per heavy atom. The first kappa shape index (κ1) is 15.2. The van der Waals surface area contributed by atoms with Gasteiger partial charge in [0.2, 0.25) is 0 Å². The van der Waals surface area contributed by atoms with Crippen LogP contribution in [0.1, 0.15) is 17.3 Å². The zero-order valence-corrected chi connectivity index (χ0v) is 12.9. The standard InChI is InChI=1S/C14H11Cl2NO2S/c1-2-19-14(18)10-4-3-7-17-13(10)20-12-8-9(15)5-6-11(12)16/h3-8H,2H2,1H3. The largest absolute Gasteiger partial charge is 0.462 e. The molecular formula is C14H11Cl2NO2S. The van der Waals surface area contributed by atoms with Crippen LogP contribution in [-0.4, -0.2) is 17.6 Å². The van der Waals surface area contributed by atoms with Crippen molar-refractivity contribution in [3.63, 3.8) is 0 Å². The molecule has 2 rings (SSSR count). The predicted octanol–water partition coefficient (Wildman–Crippen LogP) is 4.72. The summed E-state index contributed by atoms with van der Waals surface area (Å²) < 4.78 is 5.01. The van der Waals surface area contributed by atoms with Crippen molar-refractivity contribution in [3.8, 4) is 0 Å². The molecule has 1 aromatic carbocycles. The molecule has 104 valence electrons. The van der Waals surface area contributed by atoms with Crippen LogP contribution in [0.4, 0.5) is 0 Å². The summed E-state index contributed by atoms with van der Waals surface area (Å²) in [5.41, 5.74) is 0.412. The minimum atomic E-state index is -0.402. The fraction of sp³-hybridized carbons (Fsp3) is 0.143. The SMILES string of the molecule is CCOC(=O)c1cccnc1Sc1cc(Cl)ccc1Cl. The number of benzene rings is 1. The number of nitrogens with zero attached hydrogens (tertiary/aromatic N) is 1. The van der Waals surface area contributed by atoms with Gasteiger partial charge in [-0.1, -0.05) is 35.0 Å². The van der Waals surface area contributed by atoms with Crippen molar-refractivity contribution in [3.05, 3.63) is 52.1 Å². The molecule has 20 heavy (non-hydrogen) atoms. The van der Waals surface area contributed by atoms with Crippen molar-refractivity contribution < 1.29 is 9.53 Å². The van der Waals surface area contributed by atoms with Gasteiger partial charge in [0.25, 0.3) is 0 Å². The van der Waals surface area contributed by atoms with Crippen molar-refractivity contribution in [1.82, 2.24) is 4.98 Å². The Morgan fingerprint density at radius 3 is 2.90 bits per heavy atom. The second kappa shape index (κ2) is 6.97. The molecule has 0 N–H and O–H groups in total. The molecule has 3 nitrogen and oxygen atoms in total. The maximum absolute atomic E-state index is 11.9. The molecule has 0 fully saturated rings. The summed E-state index contributed by atoms with van der Waals surface area (Å²) in [7, 11) is 0. The molecule has 1 aromatic heterocycles. The van der Waals surface area contributed by atoms with Gasteiger partial charge in [0.1, 0.15) is 5.03 Å². The summed E-state index contributed by atoms with van der Waals surface area (Å²) in [5.74, 6) is -0.402. The van der Waals surface area contributed by atoms with Gasteiger partial charge in [0.05, 0.1) is 17.2 Å². The molecule has 0 unspecified atom stereocenters. The normalized spacial score (nSPS) is 10.3. The van der Waals surface area contributed by atoms with E-state index in [9.17, 15) is 4.79 Å². The van der Waals surface area contributed by atoms with Crippen LogP contribution in [0.25, 0.3) is 0 Å². The van der Waals surface area contributed by atoms with Gasteiger partial charge >= 0.3 is 5.97 Å². The number of aromatic nitrogens is 1. The number of pyridine rings is 1. The highest BCUT2D eigenvalue weighted by molar-refractivity contribution is 7.99. The van der Waals surface area contributed by atoms with Gasteiger partial charge in [-0.2, -0.15) is 0 Å². The second-order valence-electron chi connectivity index (χ2n) is 3.75. The highest BCUT2D eigenvalue weighted by Crippen LogP contribution is 2.35. The predicted molar refractivity (Wildman–Crippen MR) is 80.8 cm³/mol. The summed E-state index contributed by atoms with van der Waals surface area (Å²) in [4.78, 5) is 16.8. The Morgan fingerprint density at radius 2 is 2.15 bits per heavy atom. The number of hydrogen-bond donors (Lipinski definition) is 0. The quantitative estimate of drug-likeness (QED) is 0.762. The van der Waals surface area contributed by atoms with Crippen LogP contribution in [0.5, 0.6) is 0 Å². The van der Waals surface area contributed by atoms with E-state index < -0.39 is 5.97 Å². The Bertz CT molecular complexity index is 634. The van der Waals surface area contributed by atoms with E-state index in [-0.39, 0.29) is 0 Å². The van der Waals surface area contributed by atoms with Crippen LogP contribution >= 0.6 is 35.0 Å². The van der Waals surface area contributed by atoms with Crippen molar-refractivity contribution in [2.45, 2.75) is 16.8 Å². The number of hydrogen-bond acceptors (Lipinski definition) is 4. The first-order chi connectivity index (χ1) is 9.61. The molecular weight excluding hydrogens is 317 g/mol. The van der Waals surface area contributed by atoms with E-state index in [2.05, 4.69) is 4.98 Å². The van der Waals surface area contributed by atoms with Gasteiger partial charge in [-0.05, 0) is 37.3 Å². The van der Waals surface area contributed by atoms with Gasteiger partial charge in [-0.15, -0.1) is 0 Å². The smallest absolute Gasteiger partial charge is 0.340 e. The van der Waals surface area contributed by atoms with Crippen LogP contribution in [-0.2, 0) is 4.74 Å². The van der Waals surface area contributed by atoms with Crippen LogP contribution < -0.4 is 0 Å². The lowest BCUT2D eigenvalue weighted by Gasteiger charge is -2.08. The van der Waals surface area contributed by atoms with Crippen molar-refractivity contribution >= 4 is 40.9 Å². The minimum absolute atomic E-state index is 0.315. The molecule has 2 aromatic rings. The molecule has 0 amide bonds. The second-order valence-corrected chi connectivity index (χ2v) is 5.63. The molecule has 0 saturated carbocycles. The maximum atomic E-state index is 11.9. The molecule has 0 spiro atoms. The van der Waals surface area contributed by atoms with Gasteiger partial charge in [-0.25, -0.2) is 9.78 Å². The van der Waals surface area contributed by atoms with E-state index in [1.165, 1.54) is 11.8 Å². The fourth-order valence-corrected chi connectivity index (χ4v) is 2.90.